The Balaban J connectivity index is 1.76. The van der Waals surface area contributed by atoms with Gasteiger partial charge in [0.25, 0.3) is 0 Å². The van der Waals surface area contributed by atoms with Crippen LogP contribution in [0.1, 0.15) is 39.2 Å². The van der Waals surface area contributed by atoms with Crippen molar-refractivity contribution in [2.24, 2.45) is 0 Å². The summed E-state index contributed by atoms with van der Waals surface area (Å²) in [5.74, 6) is 2.93. The van der Waals surface area contributed by atoms with Gasteiger partial charge >= 0.3 is 0 Å². The smallest absolute Gasteiger partial charge is 0.208 e. The highest BCUT2D eigenvalue weighted by Crippen LogP contribution is 2.30. The monoisotopic (exact) mass is 385 g/mol. The van der Waals surface area contributed by atoms with Crippen LogP contribution in [0, 0.1) is 0 Å². The van der Waals surface area contributed by atoms with E-state index in [9.17, 15) is 0 Å². The van der Waals surface area contributed by atoms with Crippen LogP contribution in [-0.4, -0.2) is 32.5 Å². The predicted molar refractivity (Wildman–Crippen MR) is 107 cm³/mol. The topological polar surface area (TPSA) is 82.0 Å². The highest BCUT2D eigenvalue weighted by molar-refractivity contribution is 7.09. The van der Waals surface area contributed by atoms with Gasteiger partial charge in [-0.3, -0.25) is 0 Å². The van der Waals surface area contributed by atoms with Gasteiger partial charge in [0.1, 0.15) is 11.4 Å². The fourth-order valence-electron chi connectivity index (χ4n) is 2.36. The summed E-state index contributed by atoms with van der Waals surface area (Å²) < 4.78 is 15.4. The Kier molecular flexibility index (Phi) is 5.85. The highest BCUT2D eigenvalue weighted by Gasteiger charge is 2.13. The Morgan fingerprint density at radius 3 is 2.52 bits per heavy atom. The molecule has 0 spiro atoms. The van der Waals surface area contributed by atoms with Crippen molar-refractivity contribution < 1.29 is 9.47 Å². The van der Waals surface area contributed by atoms with Crippen LogP contribution in [0.25, 0.3) is 11.5 Å². The lowest BCUT2D eigenvalue weighted by Crippen LogP contribution is -2.05. The number of anilines is 2. The molecule has 0 aromatic carbocycles. The van der Waals surface area contributed by atoms with Crippen molar-refractivity contribution in [1.82, 2.24) is 19.3 Å². The third kappa shape index (κ3) is 4.71. The standard InChI is InChI=1S/C19H23N5O2S/c1-11(2)13-8-16(25-5)18(21-9-13)23-19-22-17(24-27-19)15-7-6-14(10-20-15)26-12(3)4/h6-12H,1-5H3,(H,21,22,23,24). The first-order valence-corrected chi connectivity index (χ1v) is 9.51. The number of ether oxygens (including phenoxy) is 2. The highest BCUT2D eigenvalue weighted by atomic mass is 32.1. The number of hydrogen-bond acceptors (Lipinski definition) is 8. The number of methoxy groups -OCH3 is 1. The zero-order valence-electron chi connectivity index (χ0n) is 16.1. The maximum absolute atomic E-state index is 5.61. The third-order valence-corrected chi connectivity index (χ3v) is 4.38. The lowest BCUT2D eigenvalue weighted by atomic mass is 10.1. The third-order valence-electron chi connectivity index (χ3n) is 3.75. The maximum atomic E-state index is 5.61. The minimum Gasteiger partial charge on any atom is -0.493 e. The van der Waals surface area contributed by atoms with E-state index >= 15 is 0 Å². The van der Waals surface area contributed by atoms with Crippen LogP contribution in [0.2, 0.25) is 0 Å². The van der Waals surface area contributed by atoms with Crippen molar-refractivity contribution >= 4 is 22.5 Å². The molecule has 0 aliphatic carbocycles. The molecule has 0 fully saturated rings. The molecule has 0 unspecified atom stereocenters. The molecule has 8 heteroatoms. The molecule has 27 heavy (non-hydrogen) atoms. The minimum absolute atomic E-state index is 0.107. The van der Waals surface area contributed by atoms with Crippen molar-refractivity contribution in [2.75, 3.05) is 12.4 Å². The molecule has 0 amide bonds. The lowest BCUT2D eigenvalue weighted by Gasteiger charge is -2.11. The summed E-state index contributed by atoms with van der Waals surface area (Å²) in [6.07, 6.45) is 3.63. The number of nitrogens with one attached hydrogen (secondary N) is 1. The zero-order chi connectivity index (χ0) is 19.4. The van der Waals surface area contributed by atoms with E-state index in [0.717, 1.165) is 11.3 Å². The van der Waals surface area contributed by atoms with Gasteiger partial charge in [0, 0.05) is 17.7 Å². The molecule has 0 aliphatic rings. The Hall–Kier alpha value is -2.74. The van der Waals surface area contributed by atoms with Crippen LogP contribution in [-0.2, 0) is 0 Å². The second kappa shape index (κ2) is 8.30. The van der Waals surface area contributed by atoms with Gasteiger partial charge in [0.2, 0.25) is 5.13 Å². The van der Waals surface area contributed by atoms with Gasteiger partial charge in [-0.25, -0.2) is 9.97 Å². The molecule has 3 heterocycles. The van der Waals surface area contributed by atoms with Crippen LogP contribution in [0.4, 0.5) is 10.9 Å². The van der Waals surface area contributed by atoms with E-state index in [1.807, 2.05) is 38.2 Å². The van der Waals surface area contributed by atoms with Crippen LogP contribution in [0.15, 0.2) is 30.6 Å². The number of rotatable bonds is 7. The summed E-state index contributed by atoms with van der Waals surface area (Å²) >= 11 is 1.24. The Labute approximate surface area is 163 Å². The molecule has 3 aromatic rings. The van der Waals surface area contributed by atoms with Gasteiger partial charge in [-0.1, -0.05) is 13.8 Å². The van der Waals surface area contributed by atoms with Crippen molar-refractivity contribution in [3.8, 4) is 23.0 Å². The molecule has 0 aliphatic heterocycles. The van der Waals surface area contributed by atoms with Gasteiger partial charge in [-0.05, 0) is 43.5 Å². The fourth-order valence-corrected chi connectivity index (χ4v) is 2.94. The van der Waals surface area contributed by atoms with Crippen molar-refractivity contribution in [3.05, 3.63) is 36.2 Å². The van der Waals surface area contributed by atoms with Crippen LogP contribution in [0.5, 0.6) is 11.5 Å². The lowest BCUT2D eigenvalue weighted by molar-refractivity contribution is 0.241. The molecular formula is C19H23N5O2S. The maximum Gasteiger partial charge on any atom is 0.208 e. The number of pyridine rings is 2. The molecule has 0 atom stereocenters. The molecule has 1 N–H and O–H groups in total. The van der Waals surface area contributed by atoms with Gasteiger partial charge < -0.3 is 14.8 Å². The van der Waals surface area contributed by atoms with Gasteiger partial charge in [0.05, 0.1) is 19.4 Å². The Bertz CT molecular complexity index is 893. The summed E-state index contributed by atoms with van der Waals surface area (Å²) in [7, 11) is 1.63. The van der Waals surface area contributed by atoms with Crippen molar-refractivity contribution in [1.29, 1.82) is 0 Å². The van der Waals surface area contributed by atoms with E-state index in [1.165, 1.54) is 11.5 Å². The summed E-state index contributed by atoms with van der Waals surface area (Å²) in [6, 6.07) is 5.70. The number of aromatic nitrogens is 4. The molecule has 3 rings (SSSR count). The molecular weight excluding hydrogens is 362 g/mol. The summed E-state index contributed by atoms with van der Waals surface area (Å²) in [5.41, 5.74) is 1.80. The van der Waals surface area contributed by atoms with Gasteiger partial charge in [-0.2, -0.15) is 9.36 Å². The average Bonchev–Trinajstić information content (AvgIpc) is 3.10. The van der Waals surface area contributed by atoms with Crippen LogP contribution in [0.3, 0.4) is 0 Å². The second-order valence-corrected chi connectivity index (χ2v) is 7.32. The van der Waals surface area contributed by atoms with Crippen LogP contribution >= 0.6 is 11.5 Å². The minimum atomic E-state index is 0.107. The molecule has 3 aromatic heterocycles. The number of nitrogens with zero attached hydrogens (tertiary/aromatic N) is 4. The van der Waals surface area contributed by atoms with Gasteiger partial charge in [0.15, 0.2) is 17.4 Å². The Morgan fingerprint density at radius 1 is 1.07 bits per heavy atom. The molecule has 0 bridgehead atoms. The first-order chi connectivity index (χ1) is 13.0. The second-order valence-electron chi connectivity index (χ2n) is 6.57. The molecule has 0 saturated carbocycles. The van der Waals surface area contributed by atoms with E-state index in [4.69, 9.17) is 9.47 Å². The fraction of sp³-hybridized carbons (Fsp3) is 0.368. The number of hydrogen-bond donors (Lipinski definition) is 1. The first kappa shape index (κ1) is 19.0. The molecule has 142 valence electrons. The first-order valence-electron chi connectivity index (χ1n) is 8.74. The van der Waals surface area contributed by atoms with E-state index in [1.54, 1.807) is 13.3 Å². The Morgan fingerprint density at radius 2 is 1.89 bits per heavy atom. The normalized spacial score (nSPS) is 11.1. The summed E-state index contributed by atoms with van der Waals surface area (Å²) in [6.45, 7) is 8.18. The predicted octanol–water partition coefficient (Wildman–Crippen LogP) is 4.66. The SMILES string of the molecule is COc1cc(C(C)C)cnc1Nc1nc(-c2ccc(OC(C)C)cn2)ns1. The van der Waals surface area contributed by atoms with Crippen molar-refractivity contribution in [2.45, 2.75) is 39.7 Å². The molecule has 0 radical (unpaired) electrons. The largest absolute Gasteiger partial charge is 0.493 e. The van der Waals surface area contributed by atoms with Gasteiger partial charge in [-0.15, -0.1) is 0 Å². The average molecular weight is 385 g/mol. The summed E-state index contributed by atoms with van der Waals surface area (Å²) in [5, 5.41) is 3.80. The van der Waals surface area contributed by atoms with E-state index in [2.05, 4.69) is 38.5 Å². The quantitative estimate of drug-likeness (QED) is 0.633. The van der Waals surface area contributed by atoms with Crippen molar-refractivity contribution in [3.63, 3.8) is 0 Å². The van der Waals surface area contributed by atoms with E-state index in [-0.39, 0.29) is 6.10 Å². The van der Waals surface area contributed by atoms with E-state index in [0.29, 0.717) is 34.1 Å². The zero-order valence-corrected chi connectivity index (χ0v) is 16.9. The summed E-state index contributed by atoms with van der Waals surface area (Å²) in [4.78, 5) is 13.3. The molecule has 0 saturated heterocycles. The van der Waals surface area contributed by atoms with E-state index < -0.39 is 0 Å². The molecule has 7 nitrogen and oxygen atoms in total. The van der Waals surface area contributed by atoms with Crippen LogP contribution < -0.4 is 14.8 Å².